The SMILES string of the molecule is CCCC(C)(CNC(C)C)Cc1ccc(OC)c(F)c1. The lowest BCUT2D eigenvalue weighted by Gasteiger charge is -2.31. The highest BCUT2D eigenvalue weighted by atomic mass is 19.1. The second kappa shape index (κ2) is 7.63. The van der Waals surface area contributed by atoms with Crippen molar-refractivity contribution in [1.82, 2.24) is 5.32 Å². The van der Waals surface area contributed by atoms with Gasteiger partial charge in [0.05, 0.1) is 7.11 Å². The maximum absolute atomic E-state index is 13.8. The quantitative estimate of drug-likeness (QED) is 0.771. The molecule has 0 heterocycles. The normalized spacial score (nSPS) is 14.3. The standard InChI is InChI=1S/C17H28FNO/c1-6-9-17(4,12-19-13(2)3)11-14-7-8-16(20-5)15(18)10-14/h7-8,10,13,19H,6,9,11-12H2,1-5H3. The van der Waals surface area contributed by atoms with Crippen LogP contribution in [0.25, 0.3) is 0 Å². The van der Waals surface area contributed by atoms with Gasteiger partial charge in [-0.05, 0) is 36.0 Å². The topological polar surface area (TPSA) is 21.3 Å². The molecule has 0 bridgehead atoms. The third-order valence-corrected chi connectivity index (χ3v) is 3.64. The average Bonchev–Trinajstić information content (AvgIpc) is 2.37. The van der Waals surface area contributed by atoms with E-state index in [0.29, 0.717) is 11.8 Å². The molecule has 1 aromatic carbocycles. The summed E-state index contributed by atoms with van der Waals surface area (Å²) in [4.78, 5) is 0. The monoisotopic (exact) mass is 281 g/mol. The molecule has 0 aromatic heterocycles. The molecular weight excluding hydrogens is 253 g/mol. The summed E-state index contributed by atoms with van der Waals surface area (Å²) >= 11 is 0. The minimum absolute atomic E-state index is 0.153. The number of halogens is 1. The molecular formula is C17H28FNO. The molecule has 0 aliphatic heterocycles. The molecule has 0 aliphatic rings. The number of nitrogens with one attached hydrogen (secondary N) is 1. The number of rotatable bonds is 8. The Morgan fingerprint density at radius 2 is 2.05 bits per heavy atom. The first-order chi connectivity index (χ1) is 9.40. The predicted molar refractivity (Wildman–Crippen MR) is 82.8 cm³/mol. The molecule has 2 nitrogen and oxygen atoms in total. The van der Waals surface area contributed by atoms with Crippen molar-refractivity contribution in [2.75, 3.05) is 13.7 Å². The molecule has 1 rings (SSSR count). The molecule has 0 saturated heterocycles. The van der Waals surface area contributed by atoms with Crippen LogP contribution in [-0.2, 0) is 6.42 Å². The van der Waals surface area contributed by atoms with Gasteiger partial charge >= 0.3 is 0 Å². The fraction of sp³-hybridized carbons (Fsp3) is 0.647. The van der Waals surface area contributed by atoms with E-state index in [1.165, 1.54) is 7.11 Å². The van der Waals surface area contributed by atoms with E-state index in [1.807, 2.05) is 6.07 Å². The number of hydrogen-bond donors (Lipinski definition) is 1. The first-order valence-electron chi connectivity index (χ1n) is 7.46. The molecule has 0 spiro atoms. The van der Waals surface area contributed by atoms with Crippen LogP contribution in [0.1, 0.15) is 46.1 Å². The number of benzene rings is 1. The summed E-state index contributed by atoms with van der Waals surface area (Å²) in [6.45, 7) is 9.72. The van der Waals surface area contributed by atoms with Crippen molar-refractivity contribution in [2.24, 2.45) is 5.41 Å². The molecule has 1 N–H and O–H groups in total. The van der Waals surface area contributed by atoms with Crippen LogP contribution < -0.4 is 10.1 Å². The zero-order valence-electron chi connectivity index (χ0n) is 13.4. The summed E-state index contributed by atoms with van der Waals surface area (Å²) in [6.07, 6.45) is 3.14. The van der Waals surface area contributed by atoms with Crippen molar-refractivity contribution in [3.63, 3.8) is 0 Å². The van der Waals surface area contributed by atoms with Crippen molar-refractivity contribution in [1.29, 1.82) is 0 Å². The molecule has 0 aliphatic carbocycles. The summed E-state index contributed by atoms with van der Waals surface area (Å²) in [6, 6.07) is 5.75. The lowest BCUT2D eigenvalue weighted by Crippen LogP contribution is -2.37. The Kier molecular flexibility index (Phi) is 6.47. The molecule has 114 valence electrons. The molecule has 0 amide bonds. The summed E-state index contributed by atoms with van der Waals surface area (Å²) < 4.78 is 18.8. The van der Waals surface area contributed by atoms with Gasteiger partial charge in [0.15, 0.2) is 11.6 Å². The van der Waals surface area contributed by atoms with Gasteiger partial charge in [0, 0.05) is 12.6 Å². The lowest BCUT2D eigenvalue weighted by molar-refractivity contribution is 0.266. The van der Waals surface area contributed by atoms with Crippen LogP contribution in [-0.4, -0.2) is 19.7 Å². The molecule has 0 fully saturated rings. The lowest BCUT2D eigenvalue weighted by atomic mass is 9.79. The number of ether oxygens (including phenoxy) is 1. The van der Waals surface area contributed by atoms with Crippen LogP contribution in [0, 0.1) is 11.2 Å². The van der Waals surface area contributed by atoms with Gasteiger partial charge in [-0.2, -0.15) is 0 Å². The van der Waals surface area contributed by atoms with E-state index in [4.69, 9.17) is 4.74 Å². The Morgan fingerprint density at radius 1 is 1.35 bits per heavy atom. The molecule has 0 saturated carbocycles. The van der Waals surface area contributed by atoms with Gasteiger partial charge in [-0.25, -0.2) is 4.39 Å². The van der Waals surface area contributed by atoms with Gasteiger partial charge in [0.25, 0.3) is 0 Å². The van der Waals surface area contributed by atoms with E-state index in [0.717, 1.165) is 31.4 Å². The second-order valence-corrected chi connectivity index (χ2v) is 6.24. The van der Waals surface area contributed by atoms with E-state index in [2.05, 4.69) is 33.0 Å². The third kappa shape index (κ3) is 5.12. The minimum Gasteiger partial charge on any atom is -0.494 e. The van der Waals surface area contributed by atoms with Crippen molar-refractivity contribution >= 4 is 0 Å². The van der Waals surface area contributed by atoms with Crippen molar-refractivity contribution in [3.8, 4) is 5.75 Å². The van der Waals surface area contributed by atoms with Crippen LogP contribution in [0.3, 0.4) is 0 Å². The first kappa shape index (κ1) is 17.0. The van der Waals surface area contributed by atoms with E-state index < -0.39 is 0 Å². The highest BCUT2D eigenvalue weighted by Crippen LogP contribution is 2.29. The molecule has 3 heteroatoms. The highest BCUT2D eigenvalue weighted by molar-refractivity contribution is 5.29. The Bertz CT molecular complexity index is 419. The van der Waals surface area contributed by atoms with Gasteiger partial charge in [0.2, 0.25) is 0 Å². The number of methoxy groups -OCH3 is 1. The summed E-state index contributed by atoms with van der Waals surface area (Å²) in [5.74, 6) is 0.0342. The van der Waals surface area contributed by atoms with Gasteiger partial charge < -0.3 is 10.1 Å². The molecule has 20 heavy (non-hydrogen) atoms. The molecule has 1 atom stereocenters. The van der Waals surface area contributed by atoms with Crippen LogP contribution in [0.2, 0.25) is 0 Å². The Morgan fingerprint density at radius 3 is 2.55 bits per heavy atom. The van der Waals surface area contributed by atoms with E-state index >= 15 is 0 Å². The van der Waals surface area contributed by atoms with E-state index in [1.54, 1.807) is 12.1 Å². The molecule has 1 aromatic rings. The van der Waals surface area contributed by atoms with Crippen LogP contribution in [0.5, 0.6) is 5.75 Å². The Hall–Kier alpha value is -1.09. The average molecular weight is 281 g/mol. The van der Waals surface area contributed by atoms with Crippen molar-refractivity contribution < 1.29 is 9.13 Å². The second-order valence-electron chi connectivity index (χ2n) is 6.24. The largest absolute Gasteiger partial charge is 0.494 e. The maximum Gasteiger partial charge on any atom is 0.165 e. The Labute approximate surface area is 122 Å². The zero-order valence-corrected chi connectivity index (χ0v) is 13.4. The fourth-order valence-electron chi connectivity index (χ4n) is 2.61. The first-order valence-corrected chi connectivity index (χ1v) is 7.46. The highest BCUT2D eigenvalue weighted by Gasteiger charge is 2.24. The smallest absolute Gasteiger partial charge is 0.165 e. The maximum atomic E-state index is 13.8. The minimum atomic E-state index is -0.277. The number of hydrogen-bond acceptors (Lipinski definition) is 2. The van der Waals surface area contributed by atoms with Gasteiger partial charge in [-0.1, -0.05) is 40.2 Å². The molecule has 1 unspecified atom stereocenters. The van der Waals surface area contributed by atoms with Crippen LogP contribution in [0.4, 0.5) is 4.39 Å². The van der Waals surface area contributed by atoms with Gasteiger partial charge in [0.1, 0.15) is 0 Å². The summed E-state index contributed by atoms with van der Waals surface area (Å²) in [7, 11) is 1.49. The Balaban J connectivity index is 2.81. The molecule has 0 radical (unpaired) electrons. The van der Waals surface area contributed by atoms with E-state index in [-0.39, 0.29) is 11.2 Å². The van der Waals surface area contributed by atoms with Crippen molar-refractivity contribution in [2.45, 2.75) is 53.0 Å². The van der Waals surface area contributed by atoms with Gasteiger partial charge in [-0.3, -0.25) is 0 Å². The van der Waals surface area contributed by atoms with Crippen LogP contribution >= 0.6 is 0 Å². The van der Waals surface area contributed by atoms with Crippen molar-refractivity contribution in [3.05, 3.63) is 29.6 Å². The fourth-order valence-corrected chi connectivity index (χ4v) is 2.61. The third-order valence-electron chi connectivity index (χ3n) is 3.64. The summed E-state index contributed by atoms with van der Waals surface area (Å²) in [5.41, 5.74) is 1.19. The summed E-state index contributed by atoms with van der Waals surface area (Å²) in [5, 5.41) is 3.51. The zero-order chi connectivity index (χ0) is 15.2. The van der Waals surface area contributed by atoms with E-state index in [9.17, 15) is 4.39 Å². The van der Waals surface area contributed by atoms with Crippen LogP contribution in [0.15, 0.2) is 18.2 Å². The predicted octanol–water partition coefficient (Wildman–Crippen LogP) is 4.18. The van der Waals surface area contributed by atoms with Gasteiger partial charge in [-0.15, -0.1) is 0 Å².